The van der Waals surface area contributed by atoms with Crippen LogP contribution in [-0.4, -0.2) is 23.1 Å². The molecule has 21 heavy (non-hydrogen) atoms. The highest BCUT2D eigenvalue weighted by atomic mass is 15.1. The van der Waals surface area contributed by atoms with Gasteiger partial charge in [0.05, 0.1) is 0 Å². The maximum Gasteiger partial charge on any atom is 0.0477 e. The van der Waals surface area contributed by atoms with Crippen LogP contribution in [0, 0.1) is 0 Å². The summed E-state index contributed by atoms with van der Waals surface area (Å²) in [6, 6.07) is 18.0. The zero-order valence-corrected chi connectivity index (χ0v) is 12.6. The van der Waals surface area contributed by atoms with Crippen molar-refractivity contribution >= 4 is 10.9 Å². The van der Waals surface area contributed by atoms with E-state index >= 15 is 0 Å². The quantitative estimate of drug-likeness (QED) is 0.657. The molecule has 0 aliphatic carbocycles. The van der Waals surface area contributed by atoms with Gasteiger partial charge in [-0.1, -0.05) is 30.3 Å². The molecule has 0 saturated carbocycles. The third-order valence-corrected chi connectivity index (χ3v) is 4.68. The molecule has 4 rings (SSSR count). The third kappa shape index (κ3) is 2.07. The van der Waals surface area contributed by atoms with Crippen LogP contribution in [0.3, 0.4) is 0 Å². The van der Waals surface area contributed by atoms with Crippen LogP contribution in [0.5, 0.6) is 0 Å². The van der Waals surface area contributed by atoms with E-state index in [1.165, 1.54) is 27.6 Å². The minimum Gasteiger partial charge on any atom is -0.351 e. The molecule has 2 heterocycles. The number of nitrogens with zero attached hydrogens (tertiary/aromatic N) is 2. The molecule has 1 atom stereocenters. The molecule has 1 aliphatic rings. The predicted molar refractivity (Wildman–Crippen MR) is 87.5 cm³/mol. The summed E-state index contributed by atoms with van der Waals surface area (Å²) in [5, 5.41) is 1.33. The Bertz CT molecular complexity index is 800. The highest BCUT2D eigenvalue weighted by Gasteiger charge is 2.24. The first-order valence-corrected chi connectivity index (χ1v) is 7.54. The van der Waals surface area contributed by atoms with Crippen molar-refractivity contribution in [2.24, 2.45) is 7.05 Å². The molecule has 0 bridgehead atoms. The largest absolute Gasteiger partial charge is 0.351 e. The molecule has 106 valence electrons. The summed E-state index contributed by atoms with van der Waals surface area (Å²) in [7, 11) is 4.32. The van der Waals surface area contributed by atoms with Crippen LogP contribution in [-0.2, 0) is 13.6 Å². The van der Waals surface area contributed by atoms with Crippen molar-refractivity contribution in [3.63, 3.8) is 0 Å². The lowest BCUT2D eigenvalue weighted by molar-refractivity contribution is 0.295. The molecule has 0 radical (unpaired) electrons. The van der Waals surface area contributed by atoms with Gasteiger partial charge < -0.3 is 9.47 Å². The van der Waals surface area contributed by atoms with Crippen LogP contribution in [0.2, 0.25) is 0 Å². The molecule has 2 aromatic carbocycles. The van der Waals surface area contributed by atoms with E-state index in [2.05, 4.69) is 78.3 Å². The van der Waals surface area contributed by atoms with Gasteiger partial charge in [-0.15, -0.1) is 0 Å². The molecular formula is C19H20N2. The summed E-state index contributed by atoms with van der Waals surface area (Å²) < 4.78 is 2.18. The van der Waals surface area contributed by atoms with Crippen LogP contribution in [0.1, 0.15) is 22.6 Å². The van der Waals surface area contributed by atoms with Gasteiger partial charge in [0.2, 0.25) is 0 Å². The molecule has 2 heteroatoms. The second-order valence-electron chi connectivity index (χ2n) is 6.19. The number of aryl methyl sites for hydroxylation is 1. The summed E-state index contributed by atoms with van der Waals surface area (Å²) in [6.07, 6.45) is 2.13. The Kier molecular flexibility index (Phi) is 2.86. The van der Waals surface area contributed by atoms with Crippen molar-refractivity contribution in [2.45, 2.75) is 12.5 Å². The van der Waals surface area contributed by atoms with Gasteiger partial charge in [-0.05, 0) is 47.3 Å². The number of hydrogen-bond acceptors (Lipinski definition) is 1. The fourth-order valence-corrected chi connectivity index (χ4v) is 3.59. The van der Waals surface area contributed by atoms with Gasteiger partial charge in [0.15, 0.2) is 0 Å². The van der Waals surface area contributed by atoms with E-state index in [1.54, 1.807) is 0 Å². The lowest BCUT2D eigenvalue weighted by Gasteiger charge is -2.32. The first-order chi connectivity index (χ1) is 10.2. The Morgan fingerprint density at radius 2 is 1.86 bits per heavy atom. The average molecular weight is 276 g/mol. The fourth-order valence-electron chi connectivity index (χ4n) is 3.59. The molecule has 1 aromatic heterocycles. The Morgan fingerprint density at radius 1 is 1.00 bits per heavy atom. The van der Waals surface area contributed by atoms with E-state index in [0.717, 1.165) is 13.1 Å². The van der Waals surface area contributed by atoms with Gasteiger partial charge in [-0.3, -0.25) is 0 Å². The Labute approximate surface area is 125 Å². The number of likely N-dealkylation sites (N-methyl/N-ethyl adjacent to an activating group) is 1. The molecular weight excluding hydrogens is 256 g/mol. The van der Waals surface area contributed by atoms with Gasteiger partial charge in [-0.25, -0.2) is 0 Å². The molecule has 0 unspecified atom stereocenters. The molecule has 0 fully saturated rings. The van der Waals surface area contributed by atoms with Crippen molar-refractivity contribution in [3.05, 3.63) is 71.4 Å². The lowest BCUT2D eigenvalue weighted by atomic mass is 9.84. The number of aromatic nitrogens is 1. The van der Waals surface area contributed by atoms with Crippen LogP contribution in [0.4, 0.5) is 0 Å². The summed E-state index contributed by atoms with van der Waals surface area (Å²) in [5.74, 6) is 0.476. The lowest BCUT2D eigenvalue weighted by Crippen LogP contribution is -2.30. The Hall–Kier alpha value is -2.06. The molecule has 2 nitrogen and oxygen atoms in total. The predicted octanol–water partition coefficient (Wildman–Crippen LogP) is 3.76. The van der Waals surface area contributed by atoms with Crippen molar-refractivity contribution in [1.29, 1.82) is 0 Å². The molecule has 3 aromatic rings. The van der Waals surface area contributed by atoms with E-state index in [0.29, 0.717) is 5.92 Å². The summed E-state index contributed by atoms with van der Waals surface area (Å²) >= 11 is 0. The van der Waals surface area contributed by atoms with E-state index in [9.17, 15) is 0 Å². The molecule has 0 spiro atoms. The minimum atomic E-state index is 0.476. The normalized spacial score (nSPS) is 18.9. The van der Waals surface area contributed by atoms with Gasteiger partial charge >= 0.3 is 0 Å². The van der Waals surface area contributed by atoms with E-state index < -0.39 is 0 Å². The monoisotopic (exact) mass is 276 g/mol. The van der Waals surface area contributed by atoms with Crippen LogP contribution < -0.4 is 0 Å². The smallest absolute Gasteiger partial charge is 0.0477 e. The third-order valence-electron chi connectivity index (χ3n) is 4.68. The average Bonchev–Trinajstić information content (AvgIpc) is 2.87. The fraction of sp³-hybridized carbons (Fsp3) is 0.263. The number of fused-ring (bicyclic) bond motifs is 2. The first kappa shape index (κ1) is 12.7. The minimum absolute atomic E-state index is 0.476. The Morgan fingerprint density at radius 3 is 2.76 bits per heavy atom. The van der Waals surface area contributed by atoms with Gasteiger partial charge in [-0.2, -0.15) is 0 Å². The topological polar surface area (TPSA) is 8.17 Å². The van der Waals surface area contributed by atoms with Crippen molar-refractivity contribution < 1.29 is 0 Å². The van der Waals surface area contributed by atoms with Crippen molar-refractivity contribution in [1.82, 2.24) is 9.47 Å². The summed E-state index contributed by atoms with van der Waals surface area (Å²) in [4.78, 5) is 2.42. The number of rotatable bonds is 1. The standard InChI is InChI=1S/C19H20N2/c1-20-12-16-5-3-4-6-17(16)18(13-20)14-7-8-19-15(11-14)9-10-21(19)2/h3-11,18H,12-13H2,1-2H3/t18-/m1/s1. The van der Waals surface area contributed by atoms with E-state index in [-0.39, 0.29) is 0 Å². The highest BCUT2D eigenvalue weighted by Crippen LogP contribution is 2.34. The zero-order valence-electron chi connectivity index (χ0n) is 12.6. The molecule has 1 aliphatic heterocycles. The van der Waals surface area contributed by atoms with Crippen LogP contribution >= 0.6 is 0 Å². The summed E-state index contributed by atoms with van der Waals surface area (Å²) in [5.41, 5.74) is 5.68. The number of hydrogen-bond donors (Lipinski definition) is 0. The second kappa shape index (κ2) is 4.74. The summed E-state index contributed by atoms with van der Waals surface area (Å²) in [6.45, 7) is 2.15. The van der Waals surface area contributed by atoms with Gasteiger partial charge in [0.1, 0.15) is 0 Å². The van der Waals surface area contributed by atoms with Crippen LogP contribution in [0.25, 0.3) is 10.9 Å². The second-order valence-corrected chi connectivity index (χ2v) is 6.19. The van der Waals surface area contributed by atoms with Gasteiger partial charge in [0.25, 0.3) is 0 Å². The zero-order chi connectivity index (χ0) is 14.4. The van der Waals surface area contributed by atoms with Crippen molar-refractivity contribution in [2.75, 3.05) is 13.6 Å². The molecule has 0 N–H and O–H groups in total. The SMILES string of the molecule is CN1Cc2ccccc2[C@@H](c2ccc3c(ccn3C)c2)C1. The van der Waals surface area contributed by atoms with Gasteiger partial charge in [0, 0.05) is 37.8 Å². The van der Waals surface area contributed by atoms with E-state index in [4.69, 9.17) is 0 Å². The highest BCUT2D eigenvalue weighted by molar-refractivity contribution is 5.81. The maximum atomic E-state index is 2.42. The first-order valence-electron chi connectivity index (χ1n) is 7.54. The van der Waals surface area contributed by atoms with Crippen LogP contribution in [0.15, 0.2) is 54.7 Å². The maximum absolute atomic E-state index is 2.42. The molecule has 0 amide bonds. The van der Waals surface area contributed by atoms with Crippen molar-refractivity contribution in [3.8, 4) is 0 Å². The van der Waals surface area contributed by atoms with E-state index in [1.807, 2.05) is 0 Å². The number of benzene rings is 2. The Balaban J connectivity index is 1.84. The molecule has 0 saturated heterocycles.